The van der Waals surface area contributed by atoms with Gasteiger partial charge in [-0.2, -0.15) is 0 Å². The first-order chi connectivity index (χ1) is 12.4. The van der Waals surface area contributed by atoms with Crippen LogP contribution in [0.5, 0.6) is 0 Å². The zero-order chi connectivity index (χ0) is 18.9. The van der Waals surface area contributed by atoms with E-state index < -0.39 is 11.5 Å². The standard InChI is InChI=1S/C23H26NO2/c1-4-5-10-20(24)23(17-13-11-16(12-14-17)15(2)3)21(25)18-8-6-7-9-19(18)22(23)26/h6-9,11-13,15,20H,4-5,10,24H2,1-3H3. The number of nitrogens with two attached hydrogens (primary N) is 1. The smallest absolute Gasteiger partial charge is 0.183 e. The van der Waals surface area contributed by atoms with Crippen LogP contribution in [0.2, 0.25) is 0 Å². The third-order valence-electron chi connectivity index (χ3n) is 5.49. The molecule has 2 aromatic rings. The second kappa shape index (κ2) is 7.16. The number of hydrogen-bond donors (Lipinski definition) is 1. The molecule has 0 aromatic heterocycles. The molecule has 0 amide bonds. The number of unbranched alkanes of at least 4 members (excludes halogenated alkanes) is 1. The maximum atomic E-state index is 13.4. The van der Waals surface area contributed by atoms with Crippen molar-refractivity contribution in [1.29, 1.82) is 0 Å². The van der Waals surface area contributed by atoms with E-state index in [-0.39, 0.29) is 11.6 Å². The maximum Gasteiger partial charge on any atom is 0.183 e. The zero-order valence-corrected chi connectivity index (χ0v) is 15.7. The van der Waals surface area contributed by atoms with Gasteiger partial charge in [0.25, 0.3) is 0 Å². The first kappa shape index (κ1) is 18.5. The molecule has 0 aliphatic heterocycles. The molecule has 1 radical (unpaired) electrons. The van der Waals surface area contributed by atoms with Gasteiger partial charge in [-0.05, 0) is 29.5 Å². The largest absolute Gasteiger partial charge is 0.326 e. The fourth-order valence-corrected chi connectivity index (χ4v) is 3.87. The van der Waals surface area contributed by atoms with Crippen molar-refractivity contribution >= 4 is 11.6 Å². The van der Waals surface area contributed by atoms with Gasteiger partial charge in [0.15, 0.2) is 11.6 Å². The SMILES string of the molecule is CCCCC(N)C1(c2[c]cc(C(C)C)cc2)C(=O)c2ccccc2C1=O. The molecule has 1 unspecified atom stereocenters. The van der Waals surface area contributed by atoms with E-state index in [1.54, 1.807) is 24.3 Å². The van der Waals surface area contributed by atoms with Gasteiger partial charge in [-0.15, -0.1) is 0 Å². The molecule has 1 atom stereocenters. The van der Waals surface area contributed by atoms with Crippen molar-refractivity contribution in [2.24, 2.45) is 5.73 Å². The molecule has 0 fully saturated rings. The molecule has 2 aromatic carbocycles. The van der Waals surface area contributed by atoms with Gasteiger partial charge in [-0.3, -0.25) is 9.59 Å². The van der Waals surface area contributed by atoms with Gasteiger partial charge in [0.2, 0.25) is 0 Å². The lowest BCUT2D eigenvalue weighted by Gasteiger charge is -2.33. The topological polar surface area (TPSA) is 60.2 Å². The third kappa shape index (κ3) is 2.71. The number of hydrogen-bond acceptors (Lipinski definition) is 3. The number of fused-ring (bicyclic) bond motifs is 1. The van der Waals surface area contributed by atoms with E-state index in [1.807, 2.05) is 18.2 Å². The van der Waals surface area contributed by atoms with Gasteiger partial charge >= 0.3 is 0 Å². The van der Waals surface area contributed by atoms with E-state index in [4.69, 9.17) is 5.73 Å². The fraction of sp³-hybridized carbons (Fsp3) is 0.391. The van der Waals surface area contributed by atoms with Crippen LogP contribution in [0.15, 0.2) is 42.5 Å². The summed E-state index contributed by atoms with van der Waals surface area (Å²) in [4.78, 5) is 26.9. The highest BCUT2D eigenvalue weighted by Gasteiger charge is 2.57. The number of benzene rings is 2. The molecular weight excluding hydrogens is 322 g/mol. The highest BCUT2D eigenvalue weighted by atomic mass is 16.2. The van der Waals surface area contributed by atoms with Crippen LogP contribution in [0.1, 0.15) is 77.8 Å². The molecule has 2 N–H and O–H groups in total. The van der Waals surface area contributed by atoms with E-state index in [1.165, 1.54) is 0 Å². The number of carbonyl (C=O) groups is 2. The number of rotatable bonds is 6. The number of ketones is 2. The summed E-state index contributed by atoms with van der Waals surface area (Å²) in [6, 6.07) is 15.5. The van der Waals surface area contributed by atoms with Crippen LogP contribution in [0.3, 0.4) is 0 Å². The predicted octanol–water partition coefficient (Wildman–Crippen LogP) is 4.44. The van der Waals surface area contributed by atoms with Gasteiger partial charge in [0.1, 0.15) is 5.41 Å². The quantitative estimate of drug-likeness (QED) is 0.785. The minimum absolute atomic E-state index is 0.185. The first-order valence-electron chi connectivity index (χ1n) is 9.40. The molecule has 1 aliphatic rings. The van der Waals surface area contributed by atoms with Crippen molar-refractivity contribution < 1.29 is 9.59 Å². The third-order valence-corrected chi connectivity index (χ3v) is 5.49. The molecule has 3 rings (SSSR count). The van der Waals surface area contributed by atoms with Gasteiger partial charge < -0.3 is 5.73 Å². The van der Waals surface area contributed by atoms with Crippen molar-refractivity contribution in [3.63, 3.8) is 0 Å². The molecule has 0 spiro atoms. The average molecular weight is 348 g/mol. The summed E-state index contributed by atoms with van der Waals surface area (Å²) >= 11 is 0. The molecule has 0 saturated carbocycles. The molecule has 3 heteroatoms. The fourth-order valence-electron chi connectivity index (χ4n) is 3.87. The molecule has 0 heterocycles. The summed E-state index contributed by atoms with van der Waals surface area (Å²) in [5.74, 6) is -0.0114. The van der Waals surface area contributed by atoms with Crippen LogP contribution in [-0.4, -0.2) is 17.6 Å². The van der Waals surface area contributed by atoms with Crippen molar-refractivity contribution in [1.82, 2.24) is 0 Å². The molecule has 26 heavy (non-hydrogen) atoms. The number of Topliss-reactive ketones (excluding diaryl/α,β-unsaturated/α-hetero) is 2. The molecule has 135 valence electrons. The van der Waals surface area contributed by atoms with Crippen LogP contribution in [0.25, 0.3) is 0 Å². The van der Waals surface area contributed by atoms with Crippen molar-refractivity contribution in [3.05, 3.63) is 70.8 Å². The monoisotopic (exact) mass is 348 g/mol. The average Bonchev–Trinajstić information content (AvgIpc) is 2.88. The molecular formula is C23H26NO2. The van der Waals surface area contributed by atoms with E-state index in [0.29, 0.717) is 29.0 Å². The van der Waals surface area contributed by atoms with Crippen molar-refractivity contribution in [2.45, 2.75) is 57.4 Å². The Morgan fingerprint density at radius 1 is 1.04 bits per heavy atom. The summed E-state index contributed by atoms with van der Waals surface area (Å²) in [5, 5.41) is 0. The van der Waals surface area contributed by atoms with Gasteiger partial charge in [-0.1, -0.05) is 76.1 Å². The lowest BCUT2D eigenvalue weighted by atomic mass is 9.69. The van der Waals surface area contributed by atoms with E-state index >= 15 is 0 Å². The summed E-state index contributed by atoms with van der Waals surface area (Å²) in [6.07, 6.45) is 2.47. The van der Waals surface area contributed by atoms with Crippen molar-refractivity contribution in [2.75, 3.05) is 0 Å². The van der Waals surface area contributed by atoms with Crippen LogP contribution in [0.4, 0.5) is 0 Å². The second-order valence-electron chi connectivity index (χ2n) is 7.45. The minimum atomic E-state index is -1.35. The summed E-state index contributed by atoms with van der Waals surface area (Å²) < 4.78 is 0. The Morgan fingerprint density at radius 3 is 2.12 bits per heavy atom. The molecule has 1 aliphatic carbocycles. The van der Waals surface area contributed by atoms with Gasteiger partial charge in [0, 0.05) is 17.2 Å². The first-order valence-corrected chi connectivity index (χ1v) is 9.40. The maximum absolute atomic E-state index is 13.4. The highest BCUT2D eigenvalue weighted by Crippen LogP contribution is 2.43. The Kier molecular flexibility index (Phi) is 5.10. The van der Waals surface area contributed by atoms with Crippen molar-refractivity contribution in [3.8, 4) is 0 Å². The van der Waals surface area contributed by atoms with Gasteiger partial charge in [0.05, 0.1) is 0 Å². The zero-order valence-electron chi connectivity index (χ0n) is 15.7. The highest BCUT2D eigenvalue weighted by molar-refractivity contribution is 6.33. The van der Waals surface area contributed by atoms with Crippen LogP contribution in [0, 0.1) is 6.07 Å². The summed E-state index contributed by atoms with van der Waals surface area (Å²) in [6.45, 7) is 6.29. The molecule has 3 nitrogen and oxygen atoms in total. The minimum Gasteiger partial charge on any atom is -0.326 e. The van der Waals surface area contributed by atoms with E-state index in [9.17, 15) is 9.59 Å². The molecule has 0 bridgehead atoms. The Balaban J connectivity index is 2.16. The molecule has 0 saturated heterocycles. The van der Waals surface area contributed by atoms with E-state index in [0.717, 1.165) is 18.4 Å². The van der Waals surface area contributed by atoms with Crippen LogP contribution in [-0.2, 0) is 5.41 Å². The van der Waals surface area contributed by atoms with E-state index in [2.05, 4.69) is 26.8 Å². The normalized spacial score (nSPS) is 16.8. The number of carbonyl (C=O) groups excluding carboxylic acids is 2. The van der Waals surface area contributed by atoms with Gasteiger partial charge in [-0.25, -0.2) is 0 Å². The Hall–Kier alpha value is -2.26. The van der Waals surface area contributed by atoms with Crippen LogP contribution < -0.4 is 5.73 Å². The predicted molar refractivity (Wildman–Crippen MR) is 104 cm³/mol. The summed E-state index contributed by atoms with van der Waals surface area (Å²) in [7, 11) is 0. The summed E-state index contributed by atoms with van der Waals surface area (Å²) in [5.41, 5.74) is 7.85. The lowest BCUT2D eigenvalue weighted by Crippen LogP contribution is -2.53. The second-order valence-corrected chi connectivity index (χ2v) is 7.45. The Labute approximate surface area is 155 Å². The lowest BCUT2D eigenvalue weighted by molar-refractivity contribution is 0.0760. The van der Waals surface area contributed by atoms with Crippen LogP contribution >= 0.6 is 0 Å². The Bertz CT molecular complexity index is 785. The Morgan fingerprint density at radius 2 is 1.65 bits per heavy atom.